The number of aromatic nitrogens is 2. The maximum atomic E-state index is 12.7. The molecule has 0 aromatic carbocycles. The average Bonchev–Trinajstić information content (AvgIpc) is 2.61. The molecule has 1 aliphatic rings. The SMILES string of the molecule is CCCN(CCC)c1nccc(C(=O)N2CCN(CC)CC2)n1. The fourth-order valence-corrected chi connectivity index (χ4v) is 2.90. The Labute approximate surface area is 139 Å². The van der Waals surface area contributed by atoms with Gasteiger partial charge in [-0.25, -0.2) is 9.97 Å². The fourth-order valence-electron chi connectivity index (χ4n) is 2.90. The molecule has 128 valence electrons. The van der Waals surface area contributed by atoms with Gasteiger partial charge in [0.15, 0.2) is 0 Å². The molecule has 6 heteroatoms. The maximum Gasteiger partial charge on any atom is 0.272 e. The Hall–Kier alpha value is -1.69. The van der Waals surface area contributed by atoms with Gasteiger partial charge in [0.1, 0.15) is 5.69 Å². The van der Waals surface area contributed by atoms with E-state index in [9.17, 15) is 4.79 Å². The number of carbonyl (C=O) groups excluding carboxylic acids is 1. The molecule has 1 fully saturated rings. The molecule has 23 heavy (non-hydrogen) atoms. The summed E-state index contributed by atoms with van der Waals surface area (Å²) in [5.41, 5.74) is 0.511. The third-order valence-corrected chi connectivity index (χ3v) is 4.24. The maximum absolute atomic E-state index is 12.7. The smallest absolute Gasteiger partial charge is 0.272 e. The lowest BCUT2D eigenvalue weighted by Crippen LogP contribution is -2.48. The largest absolute Gasteiger partial charge is 0.341 e. The summed E-state index contributed by atoms with van der Waals surface area (Å²) in [6.45, 7) is 12.8. The highest BCUT2D eigenvalue weighted by Gasteiger charge is 2.23. The van der Waals surface area contributed by atoms with Crippen molar-refractivity contribution >= 4 is 11.9 Å². The van der Waals surface area contributed by atoms with Gasteiger partial charge < -0.3 is 14.7 Å². The molecule has 0 saturated carbocycles. The van der Waals surface area contributed by atoms with Crippen LogP contribution in [0.1, 0.15) is 44.1 Å². The quantitative estimate of drug-likeness (QED) is 0.768. The second kappa shape index (κ2) is 8.82. The van der Waals surface area contributed by atoms with E-state index in [0.717, 1.165) is 58.7 Å². The van der Waals surface area contributed by atoms with E-state index in [-0.39, 0.29) is 5.91 Å². The summed E-state index contributed by atoms with van der Waals surface area (Å²) in [4.78, 5) is 28.0. The minimum atomic E-state index is 0.0253. The van der Waals surface area contributed by atoms with E-state index in [1.165, 1.54) is 0 Å². The number of amides is 1. The number of rotatable bonds is 7. The first-order valence-electron chi connectivity index (χ1n) is 8.79. The standard InChI is InChI=1S/C17H29N5O/c1-4-9-22(10-5-2)17-18-8-7-15(19-17)16(23)21-13-11-20(6-3)12-14-21/h7-8H,4-6,9-14H2,1-3H3. The van der Waals surface area contributed by atoms with Crippen LogP contribution in [0, 0.1) is 0 Å². The molecule has 0 spiro atoms. The normalized spacial score (nSPS) is 15.7. The summed E-state index contributed by atoms with van der Waals surface area (Å²) in [7, 11) is 0. The van der Waals surface area contributed by atoms with Crippen LogP contribution in [0.3, 0.4) is 0 Å². The molecule has 1 saturated heterocycles. The first kappa shape index (κ1) is 17.7. The summed E-state index contributed by atoms with van der Waals surface area (Å²) >= 11 is 0. The van der Waals surface area contributed by atoms with Crippen molar-refractivity contribution < 1.29 is 4.79 Å². The van der Waals surface area contributed by atoms with Gasteiger partial charge in [-0.3, -0.25) is 4.79 Å². The van der Waals surface area contributed by atoms with Crippen molar-refractivity contribution in [1.29, 1.82) is 0 Å². The molecule has 0 unspecified atom stereocenters. The topological polar surface area (TPSA) is 52.6 Å². The van der Waals surface area contributed by atoms with Crippen LogP contribution in [-0.4, -0.2) is 71.5 Å². The highest BCUT2D eigenvalue weighted by Crippen LogP contribution is 2.12. The van der Waals surface area contributed by atoms with Crippen molar-refractivity contribution in [2.24, 2.45) is 0 Å². The molecule has 0 bridgehead atoms. The zero-order valence-corrected chi connectivity index (χ0v) is 14.7. The molecule has 1 aromatic heterocycles. The fraction of sp³-hybridized carbons (Fsp3) is 0.706. The number of hydrogen-bond donors (Lipinski definition) is 0. The van der Waals surface area contributed by atoms with Crippen molar-refractivity contribution in [2.45, 2.75) is 33.6 Å². The number of likely N-dealkylation sites (N-methyl/N-ethyl adjacent to an activating group) is 1. The van der Waals surface area contributed by atoms with E-state index in [4.69, 9.17) is 0 Å². The predicted octanol–water partition coefficient (Wildman–Crippen LogP) is 1.88. The van der Waals surface area contributed by atoms with Gasteiger partial charge in [-0.05, 0) is 25.5 Å². The molecule has 0 aliphatic carbocycles. The van der Waals surface area contributed by atoms with E-state index in [1.54, 1.807) is 12.3 Å². The molecular weight excluding hydrogens is 290 g/mol. The Morgan fingerprint density at radius 2 is 1.78 bits per heavy atom. The van der Waals surface area contributed by atoms with Crippen LogP contribution in [0.4, 0.5) is 5.95 Å². The molecule has 0 N–H and O–H groups in total. The molecular formula is C17H29N5O. The zero-order valence-electron chi connectivity index (χ0n) is 14.7. The number of piperazine rings is 1. The van der Waals surface area contributed by atoms with E-state index in [2.05, 4.69) is 40.5 Å². The summed E-state index contributed by atoms with van der Waals surface area (Å²) in [5.74, 6) is 0.698. The Balaban J connectivity index is 2.07. The van der Waals surface area contributed by atoms with Crippen LogP contribution < -0.4 is 4.90 Å². The van der Waals surface area contributed by atoms with Crippen LogP contribution in [0.25, 0.3) is 0 Å². The lowest BCUT2D eigenvalue weighted by Gasteiger charge is -2.33. The van der Waals surface area contributed by atoms with E-state index in [0.29, 0.717) is 11.6 Å². The summed E-state index contributed by atoms with van der Waals surface area (Å²) in [6.07, 6.45) is 3.79. The second-order valence-electron chi connectivity index (χ2n) is 5.96. The van der Waals surface area contributed by atoms with Crippen molar-refractivity contribution in [3.8, 4) is 0 Å². The molecule has 6 nitrogen and oxygen atoms in total. The lowest BCUT2D eigenvalue weighted by atomic mass is 10.2. The highest BCUT2D eigenvalue weighted by molar-refractivity contribution is 5.92. The van der Waals surface area contributed by atoms with Gasteiger partial charge in [-0.1, -0.05) is 20.8 Å². The Morgan fingerprint density at radius 3 is 2.35 bits per heavy atom. The van der Waals surface area contributed by atoms with Crippen LogP contribution in [0.2, 0.25) is 0 Å². The minimum Gasteiger partial charge on any atom is -0.341 e. The average molecular weight is 319 g/mol. The summed E-state index contributed by atoms with van der Waals surface area (Å²) in [6, 6.07) is 1.73. The number of hydrogen-bond acceptors (Lipinski definition) is 5. The molecule has 1 aliphatic heterocycles. The highest BCUT2D eigenvalue weighted by atomic mass is 16.2. The summed E-state index contributed by atoms with van der Waals surface area (Å²) in [5, 5.41) is 0. The van der Waals surface area contributed by atoms with Crippen LogP contribution in [0.15, 0.2) is 12.3 Å². The van der Waals surface area contributed by atoms with Crippen LogP contribution in [0.5, 0.6) is 0 Å². The molecule has 2 rings (SSSR count). The van der Waals surface area contributed by atoms with Gasteiger partial charge in [0, 0.05) is 45.5 Å². The lowest BCUT2D eigenvalue weighted by molar-refractivity contribution is 0.0637. The number of nitrogens with zero attached hydrogens (tertiary/aromatic N) is 5. The van der Waals surface area contributed by atoms with Gasteiger partial charge in [0.25, 0.3) is 5.91 Å². The predicted molar refractivity (Wildman–Crippen MR) is 92.8 cm³/mol. The Morgan fingerprint density at radius 1 is 1.13 bits per heavy atom. The van der Waals surface area contributed by atoms with Crippen LogP contribution >= 0.6 is 0 Å². The second-order valence-corrected chi connectivity index (χ2v) is 5.96. The van der Waals surface area contributed by atoms with E-state index < -0.39 is 0 Å². The zero-order chi connectivity index (χ0) is 16.7. The monoisotopic (exact) mass is 319 g/mol. The van der Waals surface area contributed by atoms with E-state index in [1.807, 2.05) is 4.90 Å². The Kier molecular flexibility index (Phi) is 6.77. The molecule has 2 heterocycles. The van der Waals surface area contributed by atoms with Gasteiger partial charge in [-0.2, -0.15) is 0 Å². The molecule has 0 radical (unpaired) electrons. The van der Waals surface area contributed by atoms with Crippen molar-refractivity contribution in [1.82, 2.24) is 19.8 Å². The first-order valence-corrected chi connectivity index (χ1v) is 8.79. The van der Waals surface area contributed by atoms with E-state index >= 15 is 0 Å². The van der Waals surface area contributed by atoms with Gasteiger partial charge in [0.2, 0.25) is 5.95 Å². The summed E-state index contributed by atoms with van der Waals surface area (Å²) < 4.78 is 0. The number of anilines is 1. The van der Waals surface area contributed by atoms with Crippen LogP contribution in [-0.2, 0) is 0 Å². The third-order valence-electron chi connectivity index (χ3n) is 4.24. The number of carbonyl (C=O) groups is 1. The first-order chi connectivity index (χ1) is 11.2. The van der Waals surface area contributed by atoms with Crippen molar-refractivity contribution in [3.63, 3.8) is 0 Å². The third kappa shape index (κ3) is 4.64. The van der Waals surface area contributed by atoms with Crippen molar-refractivity contribution in [2.75, 3.05) is 50.7 Å². The van der Waals surface area contributed by atoms with Gasteiger partial charge in [0.05, 0.1) is 0 Å². The van der Waals surface area contributed by atoms with Gasteiger partial charge in [-0.15, -0.1) is 0 Å². The minimum absolute atomic E-state index is 0.0253. The molecule has 1 amide bonds. The Bertz CT molecular complexity index is 494. The molecule has 0 atom stereocenters. The van der Waals surface area contributed by atoms with Gasteiger partial charge >= 0.3 is 0 Å². The van der Waals surface area contributed by atoms with Crippen molar-refractivity contribution in [3.05, 3.63) is 18.0 Å². The molecule has 1 aromatic rings.